The molecular weight excluding hydrogens is 277 g/mol. The molecule has 0 saturated carbocycles. The number of para-hydroxylation sites is 2. The van der Waals surface area contributed by atoms with Crippen LogP contribution in [0.1, 0.15) is 5.56 Å². The van der Waals surface area contributed by atoms with E-state index in [4.69, 9.17) is 12.2 Å². The van der Waals surface area contributed by atoms with Crippen LogP contribution in [-0.2, 0) is 0 Å². The number of thiocarbonyl (C=S) groups is 1. The lowest BCUT2D eigenvalue weighted by molar-refractivity contribution is 0.474. The van der Waals surface area contributed by atoms with Gasteiger partial charge in [-0.2, -0.15) is 5.10 Å². The molecule has 4 nitrogen and oxygen atoms in total. The van der Waals surface area contributed by atoms with Gasteiger partial charge in [0.05, 0.1) is 11.9 Å². The van der Waals surface area contributed by atoms with E-state index in [1.54, 1.807) is 42.5 Å². The maximum absolute atomic E-state index is 13.4. The maximum Gasteiger partial charge on any atom is 0.191 e. The average Bonchev–Trinajstić information content (AvgIpc) is 2.43. The highest BCUT2D eigenvalue weighted by Crippen LogP contribution is 2.13. The highest BCUT2D eigenvalue weighted by molar-refractivity contribution is 7.80. The highest BCUT2D eigenvalue weighted by Gasteiger charge is 2.01. The molecule has 0 aromatic heterocycles. The van der Waals surface area contributed by atoms with E-state index < -0.39 is 5.82 Å². The van der Waals surface area contributed by atoms with Crippen LogP contribution >= 0.6 is 12.2 Å². The normalized spacial score (nSPS) is 10.4. The Morgan fingerprint density at radius 1 is 1.15 bits per heavy atom. The summed E-state index contributed by atoms with van der Waals surface area (Å²) in [5.41, 5.74) is 3.36. The lowest BCUT2D eigenvalue weighted by atomic mass is 10.2. The minimum Gasteiger partial charge on any atom is -0.507 e. The van der Waals surface area contributed by atoms with Gasteiger partial charge in [0.1, 0.15) is 11.6 Å². The fraction of sp³-hybridized carbons (Fsp3) is 0. The Hall–Kier alpha value is -2.47. The van der Waals surface area contributed by atoms with Crippen LogP contribution in [0.15, 0.2) is 53.6 Å². The third-order valence-corrected chi connectivity index (χ3v) is 2.62. The van der Waals surface area contributed by atoms with Crippen molar-refractivity contribution in [2.24, 2.45) is 5.10 Å². The summed E-state index contributed by atoms with van der Waals surface area (Å²) >= 11 is 4.98. The SMILES string of the molecule is Oc1ccccc1/C=N/NC(=S)Nc1ccccc1F. The third-order valence-electron chi connectivity index (χ3n) is 2.43. The lowest BCUT2D eigenvalue weighted by Gasteiger charge is -2.07. The number of phenols is 1. The standard InChI is InChI=1S/C14H12FN3OS/c15-11-6-2-3-7-12(11)17-14(20)18-16-9-10-5-1-4-8-13(10)19/h1-9,19H,(H2,17,18,20)/b16-9+. The summed E-state index contributed by atoms with van der Waals surface area (Å²) in [5.74, 6) is -0.285. The molecule has 0 radical (unpaired) electrons. The number of hydrazone groups is 1. The predicted octanol–water partition coefficient (Wildman–Crippen LogP) is 2.85. The minimum absolute atomic E-state index is 0.117. The van der Waals surface area contributed by atoms with Crippen molar-refractivity contribution in [1.29, 1.82) is 0 Å². The Bertz CT molecular complexity index is 646. The zero-order valence-electron chi connectivity index (χ0n) is 10.4. The molecule has 0 unspecified atom stereocenters. The van der Waals surface area contributed by atoms with E-state index in [1.807, 2.05) is 0 Å². The smallest absolute Gasteiger partial charge is 0.191 e. The topological polar surface area (TPSA) is 56.7 Å². The second kappa shape index (κ2) is 6.63. The molecule has 0 aliphatic carbocycles. The van der Waals surface area contributed by atoms with Crippen molar-refractivity contribution in [2.75, 3.05) is 5.32 Å². The van der Waals surface area contributed by atoms with E-state index in [0.717, 1.165) is 0 Å². The number of nitrogens with zero attached hydrogens (tertiary/aromatic N) is 1. The molecule has 2 aromatic carbocycles. The summed E-state index contributed by atoms with van der Waals surface area (Å²) in [7, 11) is 0. The molecule has 0 amide bonds. The highest BCUT2D eigenvalue weighted by atomic mass is 32.1. The molecule has 0 heterocycles. The molecule has 0 atom stereocenters. The number of halogens is 1. The van der Waals surface area contributed by atoms with Crippen LogP contribution in [0, 0.1) is 5.82 Å². The van der Waals surface area contributed by atoms with Gasteiger partial charge in [0.25, 0.3) is 0 Å². The van der Waals surface area contributed by atoms with Crippen LogP contribution in [0.3, 0.4) is 0 Å². The quantitative estimate of drug-likeness (QED) is 0.462. The second-order valence-corrected chi connectivity index (χ2v) is 4.27. The average molecular weight is 289 g/mol. The van der Waals surface area contributed by atoms with Crippen molar-refractivity contribution in [3.05, 3.63) is 59.9 Å². The molecule has 0 aliphatic rings. The summed E-state index contributed by atoms with van der Waals surface area (Å²) in [6.07, 6.45) is 1.42. The number of benzene rings is 2. The fourth-order valence-corrected chi connectivity index (χ4v) is 1.63. The molecule has 0 bridgehead atoms. The van der Waals surface area contributed by atoms with Crippen molar-refractivity contribution >= 4 is 29.2 Å². The predicted molar refractivity (Wildman–Crippen MR) is 81.5 cm³/mol. The largest absolute Gasteiger partial charge is 0.507 e. The first-order chi connectivity index (χ1) is 9.66. The van der Waals surface area contributed by atoms with Crippen LogP contribution < -0.4 is 10.7 Å². The molecule has 20 heavy (non-hydrogen) atoms. The summed E-state index contributed by atoms with van der Waals surface area (Å²) in [4.78, 5) is 0. The monoisotopic (exact) mass is 289 g/mol. The molecule has 6 heteroatoms. The van der Waals surface area contributed by atoms with Gasteiger partial charge in [0.2, 0.25) is 0 Å². The number of aromatic hydroxyl groups is 1. The van der Waals surface area contributed by atoms with Gasteiger partial charge in [-0.15, -0.1) is 0 Å². The van der Waals surface area contributed by atoms with Gasteiger partial charge < -0.3 is 10.4 Å². The Kier molecular flexibility index (Phi) is 4.62. The molecule has 3 N–H and O–H groups in total. The second-order valence-electron chi connectivity index (χ2n) is 3.86. The van der Waals surface area contributed by atoms with Gasteiger partial charge in [-0.05, 0) is 36.5 Å². The van der Waals surface area contributed by atoms with Gasteiger partial charge in [0, 0.05) is 5.56 Å². The van der Waals surface area contributed by atoms with Crippen LogP contribution in [-0.4, -0.2) is 16.4 Å². The van der Waals surface area contributed by atoms with Crippen molar-refractivity contribution in [3.8, 4) is 5.75 Å². The molecule has 0 saturated heterocycles. The number of anilines is 1. The third kappa shape index (κ3) is 3.76. The Morgan fingerprint density at radius 2 is 1.85 bits per heavy atom. The zero-order valence-corrected chi connectivity index (χ0v) is 11.2. The minimum atomic E-state index is -0.402. The summed E-state index contributed by atoms with van der Waals surface area (Å²) < 4.78 is 13.4. The molecular formula is C14H12FN3OS. The van der Waals surface area contributed by atoms with Crippen molar-refractivity contribution in [2.45, 2.75) is 0 Å². The first-order valence-corrected chi connectivity index (χ1v) is 6.20. The van der Waals surface area contributed by atoms with E-state index in [1.165, 1.54) is 12.3 Å². The summed E-state index contributed by atoms with van der Waals surface area (Å²) in [6, 6.07) is 12.9. The number of hydrogen-bond acceptors (Lipinski definition) is 3. The number of hydrogen-bond donors (Lipinski definition) is 3. The van der Waals surface area contributed by atoms with Gasteiger partial charge in [0.15, 0.2) is 5.11 Å². The number of nitrogens with one attached hydrogen (secondary N) is 2. The summed E-state index contributed by atoms with van der Waals surface area (Å²) in [5, 5.41) is 16.2. The van der Waals surface area contributed by atoms with E-state index in [-0.39, 0.29) is 16.5 Å². The first kappa shape index (κ1) is 14.0. The Balaban J connectivity index is 1.93. The summed E-state index contributed by atoms with van der Waals surface area (Å²) in [6.45, 7) is 0. The molecule has 0 fully saturated rings. The number of rotatable bonds is 3. The van der Waals surface area contributed by atoms with Crippen LogP contribution in [0.5, 0.6) is 5.75 Å². The molecule has 102 valence electrons. The first-order valence-electron chi connectivity index (χ1n) is 5.79. The van der Waals surface area contributed by atoms with Gasteiger partial charge in [-0.1, -0.05) is 24.3 Å². The van der Waals surface area contributed by atoms with Crippen LogP contribution in [0.4, 0.5) is 10.1 Å². The van der Waals surface area contributed by atoms with Gasteiger partial charge in [-0.3, -0.25) is 5.43 Å². The molecule has 2 rings (SSSR count). The van der Waals surface area contributed by atoms with Crippen molar-refractivity contribution in [3.63, 3.8) is 0 Å². The Labute approximate surface area is 121 Å². The van der Waals surface area contributed by atoms with E-state index >= 15 is 0 Å². The Morgan fingerprint density at radius 3 is 2.60 bits per heavy atom. The molecule has 2 aromatic rings. The van der Waals surface area contributed by atoms with E-state index in [2.05, 4.69) is 15.8 Å². The zero-order chi connectivity index (χ0) is 14.4. The van der Waals surface area contributed by atoms with Crippen LogP contribution in [0.2, 0.25) is 0 Å². The lowest BCUT2D eigenvalue weighted by Crippen LogP contribution is -2.24. The van der Waals surface area contributed by atoms with Crippen molar-refractivity contribution in [1.82, 2.24) is 5.43 Å². The van der Waals surface area contributed by atoms with Crippen molar-refractivity contribution < 1.29 is 9.50 Å². The fourth-order valence-electron chi connectivity index (χ4n) is 1.47. The maximum atomic E-state index is 13.4. The van der Waals surface area contributed by atoms with Crippen LogP contribution in [0.25, 0.3) is 0 Å². The number of phenolic OH excluding ortho intramolecular Hbond substituents is 1. The van der Waals surface area contributed by atoms with E-state index in [0.29, 0.717) is 5.56 Å². The molecule has 0 spiro atoms. The van der Waals surface area contributed by atoms with E-state index in [9.17, 15) is 9.50 Å². The molecule has 0 aliphatic heterocycles. The van der Waals surface area contributed by atoms with Gasteiger partial charge in [-0.25, -0.2) is 4.39 Å². The van der Waals surface area contributed by atoms with Gasteiger partial charge >= 0.3 is 0 Å².